The van der Waals surface area contributed by atoms with Crippen LogP contribution in [0, 0.1) is 12.7 Å². The van der Waals surface area contributed by atoms with E-state index in [0.717, 1.165) is 78.4 Å². The van der Waals surface area contributed by atoms with E-state index in [4.69, 9.17) is 9.72 Å². The highest BCUT2D eigenvalue weighted by Gasteiger charge is 2.33. The maximum Gasteiger partial charge on any atom is 0.137 e. The number of hydrogen-bond donors (Lipinski definition) is 0. The zero-order chi connectivity index (χ0) is 45.8. The van der Waals surface area contributed by atoms with Gasteiger partial charge in [-0.1, -0.05) is 125 Å². The minimum absolute atomic E-state index is 0.228. The van der Waals surface area contributed by atoms with Crippen molar-refractivity contribution in [2.45, 2.75) is 46.5 Å². The van der Waals surface area contributed by atoms with Crippen molar-refractivity contribution < 1.29 is 9.13 Å². The van der Waals surface area contributed by atoms with Crippen LogP contribution >= 0.6 is 0 Å². The number of hydrogen-bond acceptors (Lipinski definition) is 4. The standard InChI is InChI=1S/C61H51FN4O/c1-39(2)54-34-47(45-23-25-48(62)26-24-45)35-55(40(3)4)61(54)65-38-64(57-29-18-41(5)31-59(57)65)49-32-46(44-21-19-43(20-22-44)42-13-7-6-8-14-42)33-51(36-49)67-50-27-28-53-52-15-9-10-16-56(52)66(58(53)37-50)60-17-11-12-30-63-60/h6-37,39-40H,38H2,1-5H3. The summed E-state index contributed by atoms with van der Waals surface area (Å²) in [5.41, 5.74) is 17.0. The first-order valence-electron chi connectivity index (χ1n) is 23.2. The fourth-order valence-electron chi connectivity index (χ4n) is 9.80. The molecule has 6 heteroatoms. The lowest BCUT2D eigenvalue weighted by atomic mass is 9.87. The number of nitrogens with zero attached hydrogens (tertiary/aromatic N) is 4. The Hall–Kier alpha value is -7.96. The molecule has 0 saturated carbocycles. The molecule has 0 bridgehead atoms. The molecule has 0 amide bonds. The number of anilines is 4. The van der Waals surface area contributed by atoms with Crippen molar-refractivity contribution in [1.82, 2.24) is 9.55 Å². The van der Waals surface area contributed by atoms with Crippen molar-refractivity contribution in [2.24, 2.45) is 0 Å². The number of halogens is 1. The largest absolute Gasteiger partial charge is 0.457 e. The molecule has 0 N–H and O–H groups in total. The molecule has 0 aliphatic carbocycles. The lowest BCUT2D eigenvalue weighted by molar-refractivity contribution is 0.483. The molecule has 1 aliphatic heterocycles. The van der Waals surface area contributed by atoms with Crippen molar-refractivity contribution in [1.29, 1.82) is 0 Å². The highest BCUT2D eigenvalue weighted by molar-refractivity contribution is 6.09. The Morgan fingerprint density at radius 2 is 1.12 bits per heavy atom. The third-order valence-electron chi connectivity index (χ3n) is 13.1. The zero-order valence-corrected chi connectivity index (χ0v) is 38.4. The Kier molecular flexibility index (Phi) is 10.7. The van der Waals surface area contributed by atoms with E-state index in [2.05, 4.69) is 195 Å². The van der Waals surface area contributed by atoms with E-state index in [0.29, 0.717) is 6.67 Å². The summed E-state index contributed by atoms with van der Waals surface area (Å²) >= 11 is 0. The van der Waals surface area contributed by atoms with Crippen LogP contribution in [0.25, 0.3) is 61.0 Å². The Morgan fingerprint density at radius 1 is 0.493 bits per heavy atom. The van der Waals surface area contributed by atoms with Gasteiger partial charge < -0.3 is 14.5 Å². The molecule has 11 rings (SSSR count). The summed E-state index contributed by atoms with van der Waals surface area (Å²) in [5.74, 6) is 2.55. The van der Waals surface area contributed by atoms with Gasteiger partial charge in [-0.3, -0.25) is 4.57 Å². The topological polar surface area (TPSA) is 33.5 Å². The maximum absolute atomic E-state index is 14.1. The van der Waals surface area contributed by atoms with Crippen molar-refractivity contribution in [3.8, 4) is 50.7 Å². The number of ether oxygens (including phenoxy) is 1. The zero-order valence-electron chi connectivity index (χ0n) is 38.4. The van der Waals surface area contributed by atoms with E-state index in [1.165, 1.54) is 33.5 Å². The predicted octanol–water partition coefficient (Wildman–Crippen LogP) is 16.9. The molecular weight excluding hydrogens is 824 g/mol. The van der Waals surface area contributed by atoms with Crippen LogP contribution in [0.4, 0.5) is 27.1 Å². The summed E-state index contributed by atoms with van der Waals surface area (Å²) in [6, 6.07) is 65.1. The molecule has 0 atom stereocenters. The maximum atomic E-state index is 14.1. The highest BCUT2D eigenvalue weighted by Crippen LogP contribution is 2.51. The molecule has 0 fully saturated rings. The smallest absolute Gasteiger partial charge is 0.137 e. The average Bonchev–Trinajstić information content (AvgIpc) is 3.89. The minimum atomic E-state index is -0.231. The Balaban J connectivity index is 1.05. The Bertz CT molecular complexity index is 3400. The van der Waals surface area contributed by atoms with Crippen molar-refractivity contribution in [3.05, 3.63) is 217 Å². The molecule has 5 nitrogen and oxygen atoms in total. The van der Waals surface area contributed by atoms with Crippen molar-refractivity contribution in [2.75, 3.05) is 16.5 Å². The first kappa shape index (κ1) is 41.7. The van der Waals surface area contributed by atoms with Crippen LogP contribution in [0.2, 0.25) is 0 Å². The number of aryl methyl sites for hydroxylation is 1. The van der Waals surface area contributed by atoms with E-state index in [-0.39, 0.29) is 17.7 Å². The van der Waals surface area contributed by atoms with Crippen LogP contribution in [0.1, 0.15) is 56.2 Å². The number of aromatic nitrogens is 2. The first-order chi connectivity index (χ1) is 32.7. The Labute approximate surface area is 392 Å². The molecule has 2 aromatic heterocycles. The van der Waals surface area contributed by atoms with Crippen molar-refractivity contribution in [3.63, 3.8) is 0 Å². The lowest BCUT2D eigenvalue weighted by Crippen LogP contribution is -2.26. The van der Waals surface area contributed by atoms with Gasteiger partial charge in [0, 0.05) is 40.5 Å². The van der Waals surface area contributed by atoms with Gasteiger partial charge in [0.2, 0.25) is 0 Å². The second-order valence-electron chi connectivity index (χ2n) is 18.3. The summed E-state index contributed by atoms with van der Waals surface area (Å²) < 4.78 is 23.3. The quantitative estimate of drug-likeness (QED) is 0.137. The predicted molar refractivity (Wildman–Crippen MR) is 276 cm³/mol. The van der Waals surface area contributed by atoms with E-state index in [9.17, 15) is 4.39 Å². The molecular formula is C61H51FN4O. The van der Waals surface area contributed by atoms with Gasteiger partial charge in [0.1, 0.15) is 29.8 Å². The molecule has 1 aliphatic rings. The normalized spacial score (nSPS) is 12.5. The summed E-state index contributed by atoms with van der Waals surface area (Å²) in [4.78, 5) is 9.70. The minimum Gasteiger partial charge on any atom is -0.457 e. The van der Waals surface area contributed by atoms with Crippen LogP contribution in [0.3, 0.4) is 0 Å². The summed E-state index contributed by atoms with van der Waals surface area (Å²) in [5, 5.41) is 2.30. The number of rotatable bonds is 10. The fraction of sp³-hybridized carbons (Fsp3) is 0.131. The molecule has 0 radical (unpaired) electrons. The molecule has 3 heterocycles. The molecule has 67 heavy (non-hydrogen) atoms. The van der Waals surface area contributed by atoms with Gasteiger partial charge >= 0.3 is 0 Å². The number of benzene rings is 8. The van der Waals surface area contributed by atoms with E-state index in [1.54, 1.807) is 12.1 Å². The number of pyridine rings is 1. The molecule has 10 aromatic rings. The molecule has 0 saturated heterocycles. The van der Waals surface area contributed by atoms with E-state index < -0.39 is 0 Å². The second-order valence-corrected chi connectivity index (χ2v) is 18.3. The average molecular weight is 875 g/mol. The van der Waals surface area contributed by atoms with Gasteiger partial charge in [-0.05, 0) is 148 Å². The van der Waals surface area contributed by atoms with Crippen LogP contribution in [-0.4, -0.2) is 16.2 Å². The van der Waals surface area contributed by atoms with Crippen molar-refractivity contribution >= 4 is 44.6 Å². The number of fused-ring (bicyclic) bond motifs is 4. The Morgan fingerprint density at radius 3 is 1.82 bits per heavy atom. The monoisotopic (exact) mass is 874 g/mol. The lowest BCUT2D eigenvalue weighted by Gasteiger charge is -2.30. The van der Waals surface area contributed by atoms with Gasteiger partial charge in [-0.2, -0.15) is 0 Å². The number of para-hydroxylation sites is 1. The van der Waals surface area contributed by atoms with Gasteiger partial charge in [0.25, 0.3) is 0 Å². The van der Waals surface area contributed by atoms with Gasteiger partial charge in [0.05, 0.1) is 22.4 Å². The van der Waals surface area contributed by atoms with Crippen LogP contribution in [0.15, 0.2) is 194 Å². The second kappa shape index (κ2) is 17.1. The fourth-order valence-corrected chi connectivity index (χ4v) is 9.80. The van der Waals surface area contributed by atoms with Crippen LogP contribution in [-0.2, 0) is 0 Å². The van der Waals surface area contributed by atoms with E-state index >= 15 is 0 Å². The van der Waals surface area contributed by atoms with Gasteiger partial charge in [0.15, 0.2) is 0 Å². The summed E-state index contributed by atoms with van der Waals surface area (Å²) in [7, 11) is 0. The summed E-state index contributed by atoms with van der Waals surface area (Å²) in [6.45, 7) is 11.8. The van der Waals surface area contributed by atoms with Crippen LogP contribution in [0.5, 0.6) is 11.5 Å². The van der Waals surface area contributed by atoms with Gasteiger partial charge in [-0.25, -0.2) is 9.37 Å². The van der Waals surface area contributed by atoms with E-state index in [1.807, 2.05) is 36.5 Å². The molecule has 8 aromatic carbocycles. The SMILES string of the molecule is Cc1ccc2c(c1)N(c1c(C(C)C)cc(-c3ccc(F)cc3)cc1C(C)C)CN2c1cc(Oc2ccc3c4ccccc4n(-c4ccccn4)c3c2)cc(-c2ccc(-c3ccccc3)cc2)c1. The molecule has 0 spiro atoms. The molecule has 0 unspecified atom stereocenters. The van der Waals surface area contributed by atoms with Gasteiger partial charge in [-0.15, -0.1) is 0 Å². The first-order valence-corrected chi connectivity index (χ1v) is 23.2. The third-order valence-corrected chi connectivity index (χ3v) is 13.1. The summed E-state index contributed by atoms with van der Waals surface area (Å²) in [6.07, 6.45) is 1.84. The highest BCUT2D eigenvalue weighted by atomic mass is 19.1. The molecule has 328 valence electrons. The third kappa shape index (κ3) is 7.78. The van der Waals surface area contributed by atoms with Crippen LogP contribution < -0.4 is 14.5 Å².